The Kier molecular flexibility index (Phi) is 4.79. The Morgan fingerprint density at radius 2 is 1.75 bits per heavy atom. The molecule has 0 bridgehead atoms. The Balaban J connectivity index is 1.38. The lowest BCUT2D eigenvalue weighted by Gasteiger charge is -2.08. The van der Waals surface area contributed by atoms with Crippen molar-refractivity contribution in [2.75, 3.05) is 5.32 Å². The molecule has 7 heteroatoms. The van der Waals surface area contributed by atoms with Gasteiger partial charge in [0.15, 0.2) is 0 Å². The van der Waals surface area contributed by atoms with Crippen molar-refractivity contribution in [3.63, 3.8) is 0 Å². The number of anilines is 1. The van der Waals surface area contributed by atoms with E-state index >= 15 is 0 Å². The van der Waals surface area contributed by atoms with Crippen LogP contribution in [0.5, 0.6) is 0 Å². The van der Waals surface area contributed by atoms with Crippen LogP contribution in [0.25, 0.3) is 16.7 Å². The van der Waals surface area contributed by atoms with Crippen LogP contribution in [-0.4, -0.2) is 26.3 Å². The van der Waals surface area contributed by atoms with E-state index in [2.05, 4.69) is 20.6 Å². The third-order valence-corrected chi connectivity index (χ3v) is 4.25. The Labute approximate surface area is 161 Å². The van der Waals surface area contributed by atoms with Crippen molar-refractivity contribution in [3.05, 3.63) is 84.9 Å². The number of nitrogens with one attached hydrogen (secondary N) is 2. The van der Waals surface area contributed by atoms with E-state index in [4.69, 9.17) is 0 Å². The molecule has 0 aliphatic heterocycles. The lowest BCUT2D eigenvalue weighted by Crippen LogP contribution is -2.34. The quantitative estimate of drug-likeness (QED) is 0.540. The first-order valence-corrected chi connectivity index (χ1v) is 8.71. The van der Waals surface area contributed by atoms with Crippen LogP contribution in [0.1, 0.15) is 5.56 Å². The second kappa shape index (κ2) is 7.71. The number of nitrogens with zero attached hydrogens (tertiary/aromatic N) is 3. The Morgan fingerprint density at radius 1 is 0.929 bits per heavy atom. The Bertz CT molecular complexity index is 1120. The molecule has 0 aliphatic rings. The number of imidazole rings is 1. The molecule has 0 aliphatic carbocycles. The van der Waals surface area contributed by atoms with E-state index in [-0.39, 0.29) is 6.54 Å². The van der Waals surface area contributed by atoms with Crippen LogP contribution in [0.3, 0.4) is 0 Å². The fraction of sp³-hybridized carbons (Fsp3) is 0.0476. The molecule has 0 radical (unpaired) electrons. The molecule has 0 spiro atoms. The fourth-order valence-electron chi connectivity index (χ4n) is 2.83. The van der Waals surface area contributed by atoms with Crippen LogP contribution in [0, 0.1) is 0 Å². The maximum atomic E-state index is 12.0. The lowest BCUT2D eigenvalue weighted by atomic mass is 10.2. The maximum Gasteiger partial charge on any atom is 0.313 e. The first-order valence-electron chi connectivity index (χ1n) is 8.71. The molecule has 2 N–H and O–H groups in total. The summed E-state index contributed by atoms with van der Waals surface area (Å²) >= 11 is 0. The molecule has 138 valence electrons. The summed E-state index contributed by atoms with van der Waals surface area (Å²) in [6, 6.07) is 19.0. The van der Waals surface area contributed by atoms with Gasteiger partial charge in [0.05, 0.1) is 22.9 Å². The molecular formula is C21H17N5O2. The Hall–Kier alpha value is -4.00. The number of carbonyl (C=O) groups is 2. The number of benzene rings is 2. The maximum absolute atomic E-state index is 12.0. The van der Waals surface area contributed by atoms with Gasteiger partial charge in [-0.05, 0) is 42.0 Å². The molecule has 0 atom stereocenters. The van der Waals surface area contributed by atoms with Crippen molar-refractivity contribution >= 4 is 28.5 Å². The van der Waals surface area contributed by atoms with Gasteiger partial charge in [0.1, 0.15) is 6.33 Å². The van der Waals surface area contributed by atoms with Gasteiger partial charge in [0.2, 0.25) is 0 Å². The van der Waals surface area contributed by atoms with Crippen molar-refractivity contribution in [2.24, 2.45) is 0 Å². The number of fused-ring (bicyclic) bond motifs is 1. The molecule has 2 aromatic carbocycles. The third kappa shape index (κ3) is 3.73. The molecule has 0 unspecified atom stereocenters. The SMILES string of the molecule is O=C(NCc1ccc(-n2cnc3ccccc32)cc1)C(=O)Nc1cccnc1. The summed E-state index contributed by atoms with van der Waals surface area (Å²) in [5.41, 5.74) is 4.28. The van der Waals surface area contributed by atoms with Crippen LogP contribution < -0.4 is 10.6 Å². The van der Waals surface area contributed by atoms with Crippen molar-refractivity contribution in [1.29, 1.82) is 0 Å². The van der Waals surface area contributed by atoms with Gasteiger partial charge in [-0.3, -0.25) is 19.1 Å². The highest BCUT2D eigenvalue weighted by Gasteiger charge is 2.13. The van der Waals surface area contributed by atoms with Gasteiger partial charge in [-0.1, -0.05) is 24.3 Å². The highest BCUT2D eigenvalue weighted by molar-refractivity contribution is 6.39. The molecule has 4 rings (SSSR count). The normalized spacial score (nSPS) is 10.6. The van der Waals surface area contributed by atoms with Crippen LogP contribution >= 0.6 is 0 Å². The van der Waals surface area contributed by atoms with E-state index in [9.17, 15) is 9.59 Å². The smallest absolute Gasteiger partial charge is 0.313 e. The van der Waals surface area contributed by atoms with E-state index in [1.165, 1.54) is 6.20 Å². The summed E-state index contributed by atoms with van der Waals surface area (Å²) < 4.78 is 2.00. The number of para-hydroxylation sites is 2. The topological polar surface area (TPSA) is 88.9 Å². The molecule has 28 heavy (non-hydrogen) atoms. The summed E-state index contributed by atoms with van der Waals surface area (Å²) in [6.07, 6.45) is 4.85. The molecule has 0 fully saturated rings. The molecule has 2 amide bonds. The van der Waals surface area contributed by atoms with Gasteiger partial charge in [-0.25, -0.2) is 4.98 Å². The second-order valence-corrected chi connectivity index (χ2v) is 6.15. The first-order chi connectivity index (χ1) is 13.7. The standard InChI is InChI=1S/C21H17N5O2/c27-20(21(28)25-16-4-3-11-22-13-16)23-12-15-7-9-17(10-8-15)26-14-24-18-5-1-2-6-19(18)26/h1-11,13-14H,12H2,(H,23,27)(H,25,28). The number of rotatable bonds is 4. The number of hydrogen-bond donors (Lipinski definition) is 2. The monoisotopic (exact) mass is 371 g/mol. The highest BCUT2D eigenvalue weighted by Crippen LogP contribution is 2.18. The Morgan fingerprint density at radius 3 is 2.54 bits per heavy atom. The summed E-state index contributed by atoms with van der Waals surface area (Å²) in [5, 5.41) is 5.11. The molecule has 4 aromatic rings. The zero-order valence-electron chi connectivity index (χ0n) is 14.9. The van der Waals surface area contributed by atoms with Crippen molar-refractivity contribution < 1.29 is 9.59 Å². The van der Waals surface area contributed by atoms with Crippen LogP contribution in [-0.2, 0) is 16.1 Å². The predicted molar refractivity (Wildman–Crippen MR) is 106 cm³/mol. The number of aromatic nitrogens is 3. The average molecular weight is 371 g/mol. The number of pyridine rings is 1. The minimum Gasteiger partial charge on any atom is -0.344 e. The number of hydrogen-bond acceptors (Lipinski definition) is 4. The van der Waals surface area contributed by atoms with E-state index in [0.717, 1.165) is 22.3 Å². The van der Waals surface area contributed by atoms with Gasteiger partial charge in [0, 0.05) is 18.4 Å². The zero-order chi connectivity index (χ0) is 19.3. The zero-order valence-corrected chi connectivity index (χ0v) is 14.9. The number of amides is 2. The average Bonchev–Trinajstić information content (AvgIpc) is 3.17. The van der Waals surface area contributed by atoms with Crippen LogP contribution in [0.15, 0.2) is 79.4 Å². The summed E-state index contributed by atoms with van der Waals surface area (Å²) in [4.78, 5) is 32.1. The molecular weight excluding hydrogens is 354 g/mol. The third-order valence-electron chi connectivity index (χ3n) is 4.25. The van der Waals surface area contributed by atoms with E-state index in [1.807, 2.05) is 53.1 Å². The van der Waals surface area contributed by atoms with Gasteiger partial charge in [-0.15, -0.1) is 0 Å². The lowest BCUT2D eigenvalue weighted by molar-refractivity contribution is -0.136. The fourth-order valence-corrected chi connectivity index (χ4v) is 2.83. The van der Waals surface area contributed by atoms with Crippen molar-refractivity contribution in [1.82, 2.24) is 19.9 Å². The van der Waals surface area contributed by atoms with Gasteiger partial charge < -0.3 is 10.6 Å². The summed E-state index contributed by atoms with van der Waals surface area (Å²) in [7, 11) is 0. The van der Waals surface area contributed by atoms with Crippen molar-refractivity contribution in [3.8, 4) is 5.69 Å². The van der Waals surface area contributed by atoms with Crippen molar-refractivity contribution in [2.45, 2.75) is 6.54 Å². The van der Waals surface area contributed by atoms with E-state index in [0.29, 0.717) is 5.69 Å². The molecule has 7 nitrogen and oxygen atoms in total. The largest absolute Gasteiger partial charge is 0.344 e. The second-order valence-electron chi connectivity index (χ2n) is 6.15. The molecule has 0 saturated heterocycles. The minimum absolute atomic E-state index is 0.254. The van der Waals surface area contributed by atoms with Gasteiger partial charge >= 0.3 is 11.8 Å². The highest BCUT2D eigenvalue weighted by atomic mass is 16.2. The molecule has 2 heterocycles. The van der Waals surface area contributed by atoms with Gasteiger partial charge in [0.25, 0.3) is 0 Å². The minimum atomic E-state index is -0.727. The summed E-state index contributed by atoms with van der Waals surface area (Å²) in [5.74, 6) is -1.43. The predicted octanol–water partition coefficient (Wildman–Crippen LogP) is 2.68. The van der Waals surface area contributed by atoms with Crippen LogP contribution in [0.4, 0.5) is 5.69 Å². The van der Waals surface area contributed by atoms with Crippen LogP contribution in [0.2, 0.25) is 0 Å². The first kappa shape index (κ1) is 17.4. The number of carbonyl (C=O) groups excluding carboxylic acids is 2. The summed E-state index contributed by atoms with van der Waals surface area (Å²) in [6.45, 7) is 0.254. The molecule has 0 saturated carbocycles. The van der Waals surface area contributed by atoms with Gasteiger partial charge in [-0.2, -0.15) is 0 Å². The van der Waals surface area contributed by atoms with E-state index < -0.39 is 11.8 Å². The molecule has 2 aromatic heterocycles. The van der Waals surface area contributed by atoms with E-state index in [1.54, 1.807) is 24.7 Å².